The van der Waals surface area contributed by atoms with Crippen LogP contribution in [0.4, 0.5) is 0 Å². The average Bonchev–Trinajstić information content (AvgIpc) is 2.93. The number of carbonyl (C=O) groups is 1. The zero-order valence-corrected chi connectivity index (χ0v) is 10.9. The van der Waals surface area contributed by atoms with Crippen LogP contribution < -0.4 is 0 Å². The second-order valence-corrected chi connectivity index (χ2v) is 4.14. The molecule has 7 heteroatoms. The molecule has 0 radical (unpaired) electrons. The van der Waals surface area contributed by atoms with E-state index in [2.05, 4.69) is 20.1 Å². The number of ether oxygens (including phenoxy) is 1. The predicted octanol–water partition coefficient (Wildman–Crippen LogP) is 1.28. The van der Waals surface area contributed by atoms with Crippen molar-refractivity contribution in [3.8, 4) is 11.4 Å². The summed E-state index contributed by atoms with van der Waals surface area (Å²) in [4.78, 5) is 24.1. The molecule has 0 atom stereocenters. The van der Waals surface area contributed by atoms with Gasteiger partial charge in [0, 0.05) is 24.2 Å². The zero-order chi connectivity index (χ0) is 14.1. The zero-order valence-electron chi connectivity index (χ0n) is 10.9. The highest BCUT2D eigenvalue weighted by Crippen LogP contribution is 2.16. The molecule has 0 spiro atoms. The van der Waals surface area contributed by atoms with Crippen molar-refractivity contribution in [3.63, 3.8) is 0 Å². The Hall–Kier alpha value is -2.83. The number of aryl methyl sites for hydroxylation is 1. The Balaban J connectivity index is 2.17. The number of methoxy groups -OCH3 is 1. The average molecular weight is 269 g/mol. The highest BCUT2D eigenvalue weighted by Gasteiger charge is 2.16. The second kappa shape index (κ2) is 4.69. The van der Waals surface area contributed by atoms with Crippen molar-refractivity contribution >= 4 is 11.7 Å². The van der Waals surface area contributed by atoms with E-state index in [1.165, 1.54) is 17.8 Å². The van der Waals surface area contributed by atoms with Gasteiger partial charge >= 0.3 is 5.97 Å². The van der Waals surface area contributed by atoms with E-state index < -0.39 is 5.97 Å². The monoisotopic (exact) mass is 269 g/mol. The van der Waals surface area contributed by atoms with Crippen LogP contribution in [0.5, 0.6) is 0 Å². The van der Waals surface area contributed by atoms with Gasteiger partial charge in [-0.2, -0.15) is 4.98 Å². The van der Waals surface area contributed by atoms with Gasteiger partial charge in [-0.25, -0.2) is 14.3 Å². The smallest absolute Gasteiger partial charge is 0.341 e. The van der Waals surface area contributed by atoms with Crippen LogP contribution in [0.3, 0.4) is 0 Å². The van der Waals surface area contributed by atoms with E-state index in [1.807, 2.05) is 6.07 Å². The number of fused-ring (bicyclic) bond motifs is 1. The van der Waals surface area contributed by atoms with Crippen molar-refractivity contribution in [1.29, 1.82) is 0 Å². The Morgan fingerprint density at radius 3 is 2.90 bits per heavy atom. The normalized spacial score (nSPS) is 10.7. The molecule has 3 heterocycles. The summed E-state index contributed by atoms with van der Waals surface area (Å²) in [5.41, 5.74) is 1.78. The number of hydrogen-bond donors (Lipinski definition) is 0. The third-order valence-corrected chi connectivity index (χ3v) is 2.93. The fourth-order valence-electron chi connectivity index (χ4n) is 1.87. The van der Waals surface area contributed by atoms with E-state index >= 15 is 0 Å². The summed E-state index contributed by atoms with van der Waals surface area (Å²) in [6.07, 6.45) is 4.79. The van der Waals surface area contributed by atoms with Gasteiger partial charge in [0.15, 0.2) is 5.82 Å². The van der Waals surface area contributed by atoms with Crippen LogP contribution in [0.15, 0.2) is 30.7 Å². The first-order valence-corrected chi connectivity index (χ1v) is 5.92. The van der Waals surface area contributed by atoms with Crippen LogP contribution in [0, 0.1) is 6.92 Å². The SMILES string of the molecule is COC(=O)c1cnc2nc(-c3cccnc3)nn2c1C. The second-order valence-electron chi connectivity index (χ2n) is 4.14. The molecule has 7 nitrogen and oxygen atoms in total. The van der Waals surface area contributed by atoms with Gasteiger partial charge in [-0.1, -0.05) is 0 Å². The predicted molar refractivity (Wildman–Crippen MR) is 70.1 cm³/mol. The van der Waals surface area contributed by atoms with Crippen LogP contribution in [0.2, 0.25) is 0 Å². The van der Waals surface area contributed by atoms with Crippen LogP contribution in [0.1, 0.15) is 16.1 Å². The third kappa shape index (κ3) is 1.89. The van der Waals surface area contributed by atoms with Gasteiger partial charge in [0.2, 0.25) is 0 Å². The lowest BCUT2D eigenvalue weighted by Gasteiger charge is -2.03. The Morgan fingerprint density at radius 2 is 2.20 bits per heavy atom. The summed E-state index contributed by atoms with van der Waals surface area (Å²) in [6, 6.07) is 3.67. The van der Waals surface area contributed by atoms with Crippen LogP contribution in [0.25, 0.3) is 17.2 Å². The molecule has 0 amide bonds. The lowest BCUT2D eigenvalue weighted by atomic mass is 10.2. The summed E-state index contributed by atoms with van der Waals surface area (Å²) < 4.78 is 6.23. The third-order valence-electron chi connectivity index (χ3n) is 2.93. The maximum atomic E-state index is 11.6. The van der Waals surface area contributed by atoms with Crippen LogP contribution >= 0.6 is 0 Å². The van der Waals surface area contributed by atoms with Crippen molar-refractivity contribution in [2.24, 2.45) is 0 Å². The lowest BCUT2D eigenvalue weighted by Crippen LogP contribution is -2.09. The molecule has 3 aromatic rings. The maximum absolute atomic E-state index is 11.6. The molecule has 0 aliphatic rings. The fraction of sp³-hybridized carbons (Fsp3) is 0.154. The molecule has 0 fully saturated rings. The molecule has 0 N–H and O–H groups in total. The molecule has 0 saturated heterocycles. The van der Waals surface area contributed by atoms with Crippen molar-refractivity contribution in [2.75, 3.05) is 7.11 Å². The minimum atomic E-state index is -0.449. The number of nitrogens with zero attached hydrogens (tertiary/aromatic N) is 5. The molecule has 3 rings (SSSR count). The summed E-state index contributed by atoms with van der Waals surface area (Å²) in [6.45, 7) is 1.77. The maximum Gasteiger partial charge on any atom is 0.341 e. The molecule has 0 aliphatic carbocycles. The minimum absolute atomic E-state index is 0.364. The molecule has 0 bridgehead atoms. The summed E-state index contributed by atoms with van der Waals surface area (Å²) in [5.74, 6) is 0.486. The topological polar surface area (TPSA) is 82.3 Å². The molecule has 0 aromatic carbocycles. The molecular weight excluding hydrogens is 258 g/mol. The number of pyridine rings is 1. The van der Waals surface area contributed by atoms with E-state index in [0.717, 1.165) is 5.56 Å². The first-order chi connectivity index (χ1) is 9.70. The van der Waals surface area contributed by atoms with E-state index in [9.17, 15) is 4.79 Å². The summed E-state index contributed by atoms with van der Waals surface area (Å²) in [5, 5.41) is 4.36. The summed E-state index contributed by atoms with van der Waals surface area (Å²) in [7, 11) is 1.33. The molecule has 0 unspecified atom stereocenters. The van der Waals surface area contributed by atoms with E-state index in [-0.39, 0.29) is 0 Å². The number of hydrogen-bond acceptors (Lipinski definition) is 6. The van der Waals surface area contributed by atoms with Crippen LogP contribution in [-0.4, -0.2) is 37.6 Å². The Kier molecular flexibility index (Phi) is 2.86. The fourth-order valence-corrected chi connectivity index (χ4v) is 1.87. The van der Waals surface area contributed by atoms with Gasteiger partial charge in [-0.15, -0.1) is 5.10 Å². The molecule has 0 saturated carbocycles. The molecule has 3 aromatic heterocycles. The van der Waals surface area contributed by atoms with Crippen LogP contribution in [-0.2, 0) is 4.74 Å². The van der Waals surface area contributed by atoms with Crippen molar-refractivity contribution in [1.82, 2.24) is 24.6 Å². The quantitative estimate of drug-likeness (QED) is 0.652. The van der Waals surface area contributed by atoms with Gasteiger partial charge in [0.1, 0.15) is 0 Å². The van der Waals surface area contributed by atoms with Crippen molar-refractivity contribution in [2.45, 2.75) is 6.92 Å². The number of rotatable bonds is 2. The van der Waals surface area contributed by atoms with Gasteiger partial charge in [-0.05, 0) is 19.1 Å². The molecular formula is C13H11N5O2. The molecule has 0 aliphatic heterocycles. The van der Waals surface area contributed by atoms with E-state index in [4.69, 9.17) is 4.74 Å². The number of esters is 1. The first-order valence-electron chi connectivity index (χ1n) is 5.92. The summed E-state index contributed by atoms with van der Waals surface area (Å²) >= 11 is 0. The van der Waals surface area contributed by atoms with E-state index in [0.29, 0.717) is 22.9 Å². The van der Waals surface area contributed by atoms with Gasteiger partial charge < -0.3 is 4.74 Å². The lowest BCUT2D eigenvalue weighted by molar-refractivity contribution is 0.0598. The Bertz CT molecular complexity index is 782. The minimum Gasteiger partial charge on any atom is -0.465 e. The Morgan fingerprint density at radius 1 is 1.35 bits per heavy atom. The molecule has 20 heavy (non-hydrogen) atoms. The Labute approximate surface area is 114 Å². The van der Waals surface area contributed by atoms with Gasteiger partial charge in [0.25, 0.3) is 5.78 Å². The first kappa shape index (κ1) is 12.2. The highest BCUT2D eigenvalue weighted by molar-refractivity contribution is 5.90. The number of carbonyl (C=O) groups excluding carboxylic acids is 1. The van der Waals surface area contributed by atoms with Gasteiger partial charge in [0.05, 0.1) is 18.4 Å². The van der Waals surface area contributed by atoms with Gasteiger partial charge in [-0.3, -0.25) is 4.98 Å². The standard InChI is InChI=1S/C13H11N5O2/c1-8-10(12(19)20-2)7-15-13-16-11(17-18(8)13)9-4-3-5-14-6-9/h3-7H,1-2H3. The largest absolute Gasteiger partial charge is 0.465 e. The highest BCUT2D eigenvalue weighted by atomic mass is 16.5. The van der Waals surface area contributed by atoms with E-state index in [1.54, 1.807) is 25.4 Å². The molecule has 100 valence electrons. The van der Waals surface area contributed by atoms with Crippen molar-refractivity contribution < 1.29 is 9.53 Å². The van der Waals surface area contributed by atoms with Crippen molar-refractivity contribution in [3.05, 3.63) is 42.0 Å². The number of aromatic nitrogens is 5.